The molecule has 0 bridgehead atoms. The first kappa shape index (κ1) is 15.0. The smallest absolute Gasteiger partial charge is 0.325 e. The Morgan fingerprint density at radius 3 is 2.62 bits per heavy atom. The predicted octanol–water partition coefficient (Wildman–Crippen LogP) is 0.637. The molecular formula is C15H18N2O4. The number of ether oxygens (including phenoxy) is 1. The number of benzene rings is 1. The van der Waals surface area contributed by atoms with Gasteiger partial charge in [-0.3, -0.25) is 14.4 Å². The van der Waals surface area contributed by atoms with Gasteiger partial charge in [0.05, 0.1) is 13.0 Å². The molecule has 6 heteroatoms. The molecule has 0 radical (unpaired) electrons. The van der Waals surface area contributed by atoms with E-state index in [9.17, 15) is 14.4 Å². The maximum Gasteiger partial charge on any atom is 0.325 e. The number of carbonyl (C=O) groups excluding carboxylic acids is 3. The quantitative estimate of drug-likeness (QED) is 0.826. The van der Waals surface area contributed by atoms with Crippen LogP contribution in [0.2, 0.25) is 0 Å². The molecule has 6 nitrogen and oxygen atoms in total. The highest BCUT2D eigenvalue weighted by Gasteiger charge is 2.35. The summed E-state index contributed by atoms with van der Waals surface area (Å²) in [4.78, 5) is 36.6. The van der Waals surface area contributed by atoms with Gasteiger partial charge in [0.2, 0.25) is 11.8 Å². The molecule has 1 aliphatic heterocycles. The minimum Gasteiger partial charge on any atom is -0.468 e. The Morgan fingerprint density at radius 1 is 1.33 bits per heavy atom. The van der Waals surface area contributed by atoms with Gasteiger partial charge in [-0.2, -0.15) is 0 Å². The highest BCUT2D eigenvalue weighted by atomic mass is 16.5. The van der Waals surface area contributed by atoms with Crippen LogP contribution in [0.5, 0.6) is 0 Å². The van der Waals surface area contributed by atoms with Gasteiger partial charge < -0.3 is 15.0 Å². The summed E-state index contributed by atoms with van der Waals surface area (Å²) in [5.41, 5.74) is 1.90. The van der Waals surface area contributed by atoms with Crippen LogP contribution >= 0.6 is 0 Å². The Labute approximate surface area is 123 Å². The number of aryl methyl sites for hydroxylation is 1. The normalized spacial score (nSPS) is 17.7. The van der Waals surface area contributed by atoms with E-state index in [1.807, 2.05) is 31.2 Å². The largest absolute Gasteiger partial charge is 0.468 e. The van der Waals surface area contributed by atoms with E-state index in [4.69, 9.17) is 0 Å². The fourth-order valence-electron chi connectivity index (χ4n) is 2.23. The third kappa shape index (κ3) is 3.59. The van der Waals surface area contributed by atoms with Crippen molar-refractivity contribution in [1.29, 1.82) is 0 Å². The molecule has 0 spiro atoms. The van der Waals surface area contributed by atoms with Crippen molar-refractivity contribution in [2.75, 3.05) is 25.1 Å². The number of methoxy groups -OCH3 is 1. The maximum atomic E-state index is 12.0. The number of carbonyl (C=O) groups is 3. The summed E-state index contributed by atoms with van der Waals surface area (Å²) in [5, 5.41) is 2.48. The molecule has 0 aliphatic carbocycles. The third-order valence-corrected chi connectivity index (χ3v) is 3.48. The van der Waals surface area contributed by atoms with Crippen molar-refractivity contribution in [3.05, 3.63) is 29.8 Å². The van der Waals surface area contributed by atoms with Gasteiger partial charge in [-0.1, -0.05) is 17.7 Å². The molecule has 1 aromatic rings. The van der Waals surface area contributed by atoms with Crippen molar-refractivity contribution in [2.45, 2.75) is 13.3 Å². The van der Waals surface area contributed by atoms with Crippen LogP contribution in [0, 0.1) is 12.8 Å². The molecule has 112 valence electrons. The summed E-state index contributed by atoms with van der Waals surface area (Å²) < 4.78 is 4.46. The molecule has 1 saturated heterocycles. The molecule has 1 heterocycles. The van der Waals surface area contributed by atoms with E-state index in [1.165, 1.54) is 7.11 Å². The SMILES string of the molecule is COC(=O)CNC(=O)C1CC(=O)N(c2ccc(C)cc2)C1. The lowest BCUT2D eigenvalue weighted by molar-refractivity contribution is -0.141. The molecule has 0 saturated carbocycles. The highest BCUT2D eigenvalue weighted by molar-refractivity contribution is 6.00. The van der Waals surface area contributed by atoms with Gasteiger partial charge in [0.15, 0.2) is 0 Å². The van der Waals surface area contributed by atoms with Crippen LogP contribution in [-0.4, -0.2) is 38.0 Å². The van der Waals surface area contributed by atoms with Gasteiger partial charge in [-0.15, -0.1) is 0 Å². The number of hydrogen-bond acceptors (Lipinski definition) is 4. The molecule has 1 N–H and O–H groups in total. The zero-order valence-corrected chi connectivity index (χ0v) is 12.1. The average molecular weight is 290 g/mol. The van der Waals surface area contributed by atoms with Gasteiger partial charge in [0.1, 0.15) is 6.54 Å². The number of nitrogens with one attached hydrogen (secondary N) is 1. The number of rotatable bonds is 4. The van der Waals surface area contributed by atoms with E-state index in [0.717, 1.165) is 11.3 Å². The van der Waals surface area contributed by atoms with Gasteiger partial charge in [-0.05, 0) is 19.1 Å². The van der Waals surface area contributed by atoms with Crippen LogP contribution in [0.1, 0.15) is 12.0 Å². The lowest BCUT2D eigenvalue weighted by Crippen LogP contribution is -2.36. The fraction of sp³-hybridized carbons (Fsp3) is 0.400. The molecular weight excluding hydrogens is 272 g/mol. The molecule has 1 aromatic carbocycles. The zero-order valence-electron chi connectivity index (χ0n) is 12.1. The number of nitrogens with zero attached hydrogens (tertiary/aromatic N) is 1. The Kier molecular flexibility index (Phi) is 4.57. The molecule has 1 aliphatic rings. The Balaban J connectivity index is 1.97. The van der Waals surface area contributed by atoms with Crippen molar-refractivity contribution in [3.63, 3.8) is 0 Å². The molecule has 2 amide bonds. The molecule has 1 unspecified atom stereocenters. The van der Waals surface area contributed by atoms with E-state index in [-0.39, 0.29) is 24.8 Å². The summed E-state index contributed by atoms with van der Waals surface area (Å²) in [6.45, 7) is 2.12. The Hall–Kier alpha value is -2.37. The van der Waals surface area contributed by atoms with E-state index in [2.05, 4.69) is 10.1 Å². The standard InChI is InChI=1S/C15H18N2O4/c1-10-3-5-12(6-4-10)17-9-11(7-13(17)18)15(20)16-8-14(19)21-2/h3-6,11H,7-9H2,1-2H3,(H,16,20). The van der Waals surface area contributed by atoms with E-state index in [1.54, 1.807) is 4.90 Å². The van der Waals surface area contributed by atoms with Gasteiger partial charge >= 0.3 is 5.97 Å². The highest BCUT2D eigenvalue weighted by Crippen LogP contribution is 2.25. The number of amides is 2. The van der Waals surface area contributed by atoms with Gasteiger partial charge in [0.25, 0.3) is 0 Å². The molecule has 21 heavy (non-hydrogen) atoms. The van der Waals surface area contributed by atoms with Crippen molar-refractivity contribution in [1.82, 2.24) is 5.32 Å². The summed E-state index contributed by atoms with van der Waals surface area (Å²) in [5.74, 6) is -1.34. The van der Waals surface area contributed by atoms with Crippen molar-refractivity contribution in [3.8, 4) is 0 Å². The number of hydrogen-bond donors (Lipinski definition) is 1. The Morgan fingerprint density at radius 2 is 2.00 bits per heavy atom. The van der Waals surface area contributed by atoms with Crippen LogP contribution in [0.4, 0.5) is 5.69 Å². The first-order chi connectivity index (χ1) is 10.0. The first-order valence-corrected chi connectivity index (χ1v) is 6.73. The van der Waals surface area contributed by atoms with E-state index in [0.29, 0.717) is 6.54 Å². The van der Waals surface area contributed by atoms with Gasteiger partial charge in [0, 0.05) is 18.7 Å². The second-order valence-electron chi connectivity index (χ2n) is 5.03. The summed E-state index contributed by atoms with van der Waals surface area (Å²) >= 11 is 0. The fourth-order valence-corrected chi connectivity index (χ4v) is 2.23. The minimum absolute atomic E-state index is 0.0860. The van der Waals surface area contributed by atoms with Crippen molar-refractivity contribution >= 4 is 23.5 Å². The molecule has 1 fully saturated rings. The lowest BCUT2D eigenvalue weighted by Gasteiger charge is -2.16. The van der Waals surface area contributed by atoms with E-state index >= 15 is 0 Å². The molecule has 0 aromatic heterocycles. The molecule has 1 atom stereocenters. The third-order valence-electron chi connectivity index (χ3n) is 3.48. The minimum atomic E-state index is -0.511. The van der Waals surface area contributed by atoms with Crippen LogP contribution in [0.25, 0.3) is 0 Å². The topological polar surface area (TPSA) is 75.7 Å². The summed E-state index contributed by atoms with van der Waals surface area (Å²) in [6.07, 6.45) is 0.154. The Bertz CT molecular complexity index is 553. The van der Waals surface area contributed by atoms with Crippen LogP contribution < -0.4 is 10.2 Å². The van der Waals surface area contributed by atoms with Crippen LogP contribution in [-0.2, 0) is 19.1 Å². The number of anilines is 1. The summed E-state index contributed by atoms with van der Waals surface area (Å²) in [7, 11) is 1.26. The predicted molar refractivity (Wildman–Crippen MR) is 76.7 cm³/mol. The van der Waals surface area contributed by atoms with Crippen LogP contribution in [0.3, 0.4) is 0 Å². The average Bonchev–Trinajstić information content (AvgIpc) is 2.87. The molecule has 2 rings (SSSR count). The van der Waals surface area contributed by atoms with Crippen LogP contribution in [0.15, 0.2) is 24.3 Å². The van der Waals surface area contributed by atoms with E-state index < -0.39 is 11.9 Å². The van der Waals surface area contributed by atoms with Gasteiger partial charge in [-0.25, -0.2) is 0 Å². The van der Waals surface area contributed by atoms with Crippen molar-refractivity contribution < 1.29 is 19.1 Å². The lowest BCUT2D eigenvalue weighted by atomic mass is 10.1. The maximum absolute atomic E-state index is 12.0. The summed E-state index contributed by atoms with van der Waals surface area (Å²) in [6, 6.07) is 7.57. The zero-order chi connectivity index (χ0) is 15.4. The van der Waals surface area contributed by atoms with Crippen molar-refractivity contribution in [2.24, 2.45) is 5.92 Å². The number of esters is 1. The first-order valence-electron chi connectivity index (χ1n) is 6.73. The second kappa shape index (κ2) is 6.39. The monoisotopic (exact) mass is 290 g/mol. The second-order valence-corrected chi connectivity index (χ2v) is 5.03.